The average Bonchev–Trinajstić information content (AvgIpc) is 2.76. The summed E-state index contributed by atoms with van der Waals surface area (Å²) in [6.45, 7) is 10.8. The van der Waals surface area contributed by atoms with E-state index in [2.05, 4.69) is 22.2 Å². The molecule has 0 rings (SSSR count). The van der Waals surface area contributed by atoms with Crippen LogP contribution >= 0.6 is 7.82 Å². The number of quaternary nitrogens is 1. The molecule has 0 spiro atoms. The molecule has 0 fully saturated rings. The van der Waals surface area contributed by atoms with Crippen molar-refractivity contribution in [1.82, 2.24) is 6.15 Å². The highest BCUT2D eigenvalue weighted by molar-refractivity contribution is 7.45. The molecule has 200 valence electrons. The van der Waals surface area contributed by atoms with Crippen molar-refractivity contribution in [3.8, 4) is 0 Å². The van der Waals surface area contributed by atoms with E-state index in [1.165, 1.54) is 0 Å². The normalized spacial score (nSPS) is 14.2. The van der Waals surface area contributed by atoms with E-state index in [9.17, 15) is 19.0 Å². The lowest BCUT2D eigenvalue weighted by Crippen LogP contribution is -2.21. The molecule has 0 aromatic rings. The van der Waals surface area contributed by atoms with Gasteiger partial charge in [0.25, 0.3) is 7.82 Å². The third kappa shape index (κ3) is 22.1. The molecule has 0 aliphatic heterocycles. The van der Waals surface area contributed by atoms with Crippen molar-refractivity contribution in [1.29, 1.82) is 0 Å². The number of hydrogen-bond donors (Lipinski definition) is 1. The van der Waals surface area contributed by atoms with Gasteiger partial charge in [0.2, 0.25) is 0 Å². The van der Waals surface area contributed by atoms with Gasteiger partial charge >= 0.3 is 11.9 Å². The molecule has 0 aliphatic rings. The molecule has 0 saturated heterocycles. The van der Waals surface area contributed by atoms with Crippen molar-refractivity contribution in [2.45, 2.75) is 26.1 Å². The minimum atomic E-state index is -4.46. The Morgan fingerprint density at radius 1 is 0.735 bits per heavy atom. The van der Waals surface area contributed by atoms with E-state index in [1.807, 2.05) is 0 Å². The maximum absolute atomic E-state index is 11.6. The number of carbonyl (C=O) groups is 2. The first-order chi connectivity index (χ1) is 15.7. The summed E-state index contributed by atoms with van der Waals surface area (Å²) in [5.41, 5.74) is 0. The van der Waals surface area contributed by atoms with Crippen LogP contribution in [0.1, 0.15) is 13.8 Å². The van der Waals surface area contributed by atoms with Crippen LogP contribution in [-0.4, -0.2) is 90.2 Å². The number of phosphoric ester groups is 1. The molecular weight excluding hydrogens is 477 g/mol. The Morgan fingerprint density at radius 3 is 1.41 bits per heavy atom. The van der Waals surface area contributed by atoms with Crippen LogP contribution in [0.2, 0.25) is 0 Å². The molecule has 0 bridgehead atoms. The fourth-order valence-corrected chi connectivity index (χ4v) is 2.62. The molecule has 14 heteroatoms. The van der Waals surface area contributed by atoms with Gasteiger partial charge in [-0.2, -0.15) is 0 Å². The Bertz CT molecular complexity index is 570. The van der Waals surface area contributed by atoms with Crippen molar-refractivity contribution < 1.29 is 56.5 Å². The van der Waals surface area contributed by atoms with Crippen LogP contribution in [-0.2, 0) is 51.6 Å². The monoisotopic (exact) mass is 515 g/mol. The van der Waals surface area contributed by atoms with Crippen molar-refractivity contribution >= 4 is 19.8 Å². The number of ether oxygens (including phenoxy) is 6. The Morgan fingerprint density at radius 2 is 1.06 bits per heavy atom. The van der Waals surface area contributed by atoms with Gasteiger partial charge in [-0.3, -0.25) is 4.57 Å². The lowest BCUT2D eigenvalue weighted by molar-refractivity contribution is -0.227. The second kappa shape index (κ2) is 21.8. The summed E-state index contributed by atoms with van der Waals surface area (Å²) in [5.74, 6) is -1.06. The summed E-state index contributed by atoms with van der Waals surface area (Å²) in [5, 5.41) is 0. The topological polar surface area (TPSA) is 185 Å². The quantitative estimate of drug-likeness (QED) is 0.0940. The standard InChI is InChI=1S/C20H35O12P.H3N/c1-5-19(21)31-17(3)15-27-9-7-25-11-13-29-33(23,24)30-14-12-26-8-10-28-16-18(4)32-20(22)6-2;/h5-6,17-18H,1-2,7-16H2,3-4H3,(H,23,24);1H3. The van der Waals surface area contributed by atoms with Gasteiger partial charge in [-0.25, -0.2) is 9.59 Å². The summed E-state index contributed by atoms with van der Waals surface area (Å²) >= 11 is 0. The van der Waals surface area contributed by atoms with Gasteiger partial charge in [-0.05, 0) is 13.8 Å². The summed E-state index contributed by atoms with van der Waals surface area (Å²) in [7, 11) is -4.46. The minimum absolute atomic E-state index is 0. The van der Waals surface area contributed by atoms with Gasteiger partial charge in [0.15, 0.2) is 0 Å². The molecule has 0 aromatic heterocycles. The Hall–Kier alpha value is -1.67. The number of esters is 2. The number of carbonyl (C=O) groups excluding carboxylic acids is 2. The van der Waals surface area contributed by atoms with Crippen LogP contribution in [0.5, 0.6) is 0 Å². The predicted octanol–water partition coefficient (Wildman–Crippen LogP) is 1.17. The van der Waals surface area contributed by atoms with E-state index >= 15 is 0 Å². The molecule has 13 nitrogen and oxygen atoms in total. The predicted molar refractivity (Wildman–Crippen MR) is 120 cm³/mol. The van der Waals surface area contributed by atoms with E-state index in [-0.39, 0.29) is 72.2 Å². The molecule has 0 saturated carbocycles. The summed E-state index contributed by atoms with van der Waals surface area (Å²) in [6, 6.07) is 0. The van der Waals surface area contributed by atoms with Gasteiger partial charge < -0.3 is 48.5 Å². The van der Waals surface area contributed by atoms with E-state index in [1.54, 1.807) is 13.8 Å². The molecule has 0 heterocycles. The smallest absolute Gasteiger partial charge is 0.330 e. The van der Waals surface area contributed by atoms with Crippen LogP contribution in [0.15, 0.2) is 25.3 Å². The molecule has 2 atom stereocenters. The third-order valence-electron chi connectivity index (χ3n) is 3.37. The van der Waals surface area contributed by atoms with Crippen molar-refractivity contribution in [2.75, 3.05) is 66.1 Å². The van der Waals surface area contributed by atoms with Crippen LogP contribution in [0.4, 0.5) is 0 Å². The summed E-state index contributed by atoms with van der Waals surface area (Å²) in [6.07, 6.45) is 1.29. The first kappa shape index (κ1) is 34.5. The molecule has 4 N–H and O–H groups in total. The SMILES string of the molecule is C=CC(=O)OC(C)COCCOCCOP(=O)([O-])OCCOCCOCC(C)OC(=O)C=C.[NH4+]. The van der Waals surface area contributed by atoms with Crippen LogP contribution in [0.3, 0.4) is 0 Å². The molecule has 34 heavy (non-hydrogen) atoms. The van der Waals surface area contributed by atoms with Gasteiger partial charge in [-0.1, -0.05) is 13.2 Å². The van der Waals surface area contributed by atoms with Crippen LogP contribution < -0.4 is 11.0 Å². The second-order valence-electron chi connectivity index (χ2n) is 6.39. The average molecular weight is 515 g/mol. The summed E-state index contributed by atoms with van der Waals surface area (Å²) in [4.78, 5) is 33.6. The third-order valence-corrected chi connectivity index (χ3v) is 4.37. The van der Waals surface area contributed by atoms with Gasteiger partial charge in [0.1, 0.15) is 12.2 Å². The Kier molecular flexibility index (Phi) is 22.2. The zero-order valence-electron chi connectivity index (χ0n) is 20.1. The minimum Gasteiger partial charge on any atom is -0.756 e. The fourth-order valence-electron chi connectivity index (χ4n) is 1.95. The van der Waals surface area contributed by atoms with Gasteiger partial charge in [0, 0.05) is 12.2 Å². The van der Waals surface area contributed by atoms with Crippen LogP contribution in [0, 0.1) is 0 Å². The van der Waals surface area contributed by atoms with Gasteiger partial charge in [0.05, 0.1) is 66.1 Å². The van der Waals surface area contributed by atoms with Crippen molar-refractivity contribution in [2.24, 2.45) is 0 Å². The molecule has 0 radical (unpaired) electrons. The zero-order valence-corrected chi connectivity index (χ0v) is 21.0. The van der Waals surface area contributed by atoms with E-state index < -0.39 is 32.0 Å². The summed E-state index contributed by atoms with van der Waals surface area (Å²) < 4.78 is 51.6. The highest BCUT2D eigenvalue weighted by Crippen LogP contribution is 2.37. The molecule has 0 aliphatic carbocycles. The first-order valence-electron chi connectivity index (χ1n) is 10.3. The van der Waals surface area contributed by atoms with E-state index in [0.29, 0.717) is 0 Å². The first-order valence-corrected chi connectivity index (χ1v) is 11.7. The van der Waals surface area contributed by atoms with Gasteiger partial charge in [-0.15, -0.1) is 0 Å². The zero-order chi connectivity index (χ0) is 25.0. The lowest BCUT2D eigenvalue weighted by Gasteiger charge is -2.22. The Labute approximate surface area is 200 Å². The number of hydrogen-bond acceptors (Lipinski definition) is 12. The van der Waals surface area contributed by atoms with Crippen molar-refractivity contribution in [3.63, 3.8) is 0 Å². The lowest BCUT2D eigenvalue weighted by atomic mass is 10.4. The molecule has 2 unspecified atom stereocenters. The maximum Gasteiger partial charge on any atom is 0.330 e. The van der Waals surface area contributed by atoms with Crippen LogP contribution in [0.25, 0.3) is 0 Å². The second-order valence-corrected chi connectivity index (χ2v) is 7.80. The molecule has 0 amide bonds. The number of phosphoric acid groups is 1. The number of rotatable bonds is 22. The largest absolute Gasteiger partial charge is 0.756 e. The maximum atomic E-state index is 11.6. The highest BCUT2D eigenvalue weighted by atomic mass is 31.2. The van der Waals surface area contributed by atoms with Crippen molar-refractivity contribution in [3.05, 3.63) is 25.3 Å². The van der Waals surface area contributed by atoms with E-state index in [0.717, 1.165) is 12.2 Å². The van der Waals surface area contributed by atoms with E-state index in [4.69, 9.17) is 28.4 Å². The molecule has 0 aromatic carbocycles. The highest BCUT2D eigenvalue weighted by Gasteiger charge is 2.10. The fraction of sp³-hybridized carbons (Fsp3) is 0.700. The molecular formula is C20H38NO12P. The Balaban J connectivity index is 0.